The second-order valence-corrected chi connectivity index (χ2v) is 7.84. The number of hydrogen-bond donors (Lipinski definition) is 0. The summed E-state index contributed by atoms with van der Waals surface area (Å²) >= 11 is 8.21. The molecule has 2 aromatic rings. The highest BCUT2D eigenvalue weighted by molar-refractivity contribution is 8.14. The van der Waals surface area contributed by atoms with Crippen LogP contribution in [-0.2, 0) is 0 Å². The number of thioether (sulfide) groups is 1. The predicted molar refractivity (Wildman–Crippen MR) is 98.9 cm³/mol. The van der Waals surface area contributed by atoms with Crippen molar-refractivity contribution in [3.63, 3.8) is 0 Å². The van der Waals surface area contributed by atoms with E-state index in [1.54, 1.807) is 7.11 Å². The molecule has 1 aromatic heterocycles. The van der Waals surface area contributed by atoms with Gasteiger partial charge in [-0.25, -0.2) is 0 Å². The van der Waals surface area contributed by atoms with Gasteiger partial charge in [-0.15, -0.1) is 0 Å². The lowest BCUT2D eigenvalue weighted by Crippen LogP contribution is -2.28. The quantitative estimate of drug-likeness (QED) is 0.817. The average molecular weight is 360 g/mol. The van der Waals surface area contributed by atoms with Crippen LogP contribution < -0.4 is 4.74 Å². The van der Waals surface area contributed by atoms with Crippen LogP contribution in [0.3, 0.4) is 0 Å². The van der Waals surface area contributed by atoms with Gasteiger partial charge in [-0.05, 0) is 29.8 Å². The molecule has 1 fully saturated rings. The molecule has 2 aliphatic heterocycles. The van der Waals surface area contributed by atoms with E-state index in [0.717, 1.165) is 23.0 Å². The smallest absolute Gasteiger partial charge is 0.160 e. The fraction of sp³-hybridized carbons (Fsp3) is 0.333. The molecule has 1 aromatic carbocycles. The van der Waals surface area contributed by atoms with Crippen molar-refractivity contribution in [1.29, 1.82) is 0 Å². The molecule has 0 spiro atoms. The summed E-state index contributed by atoms with van der Waals surface area (Å²) in [5, 5.41) is 2.28. The van der Waals surface area contributed by atoms with E-state index in [9.17, 15) is 0 Å². The number of nitrogens with zero attached hydrogens (tertiary/aromatic N) is 3. The van der Waals surface area contributed by atoms with E-state index in [4.69, 9.17) is 21.3 Å². The Balaban J connectivity index is 1.77. The summed E-state index contributed by atoms with van der Waals surface area (Å²) in [7, 11) is 1.63. The summed E-state index contributed by atoms with van der Waals surface area (Å²) < 4.78 is 5.29. The monoisotopic (exact) mass is 359 g/mol. The van der Waals surface area contributed by atoms with Crippen molar-refractivity contribution in [2.24, 2.45) is 4.99 Å². The maximum atomic E-state index is 6.37. The lowest BCUT2D eigenvalue weighted by molar-refractivity contribution is 0.321. The van der Waals surface area contributed by atoms with Crippen LogP contribution in [0.2, 0.25) is 5.02 Å². The van der Waals surface area contributed by atoms with Crippen molar-refractivity contribution in [3.8, 4) is 5.75 Å². The topological polar surface area (TPSA) is 37.7 Å². The zero-order chi connectivity index (χ0) is 16.7. The van der Waals surface area contributed by atoms with Crippen LogP contribution in [0.25, 0.3) is 0 Å². The molecule has 0 bridgehead atoms. The van der Waals surface area contributed by atoms with Crippen LogP contribution in [0.5, 0.6) is 5.75 Å². The Morgan fingerprint density at radius 3 is 2.88 bits per heavy atom. The molecule has 3 heterocycles. The predicted octanol–water partition coefficient (Wildman–Crippen LogP) is 4.33. The van der Waals surface area contributed by atoms with Crippen LogP contribution in [0.4, 0.5) is 0 Å². The van der Waals surface area contributed by atoms with Gasteiger partial charge in [0.15, 0.2) is 5.17 Å². The van der Waals surface area contributed by atoms with E-state index >= 15 is 0 Å². The lowest BCUT2D eigenvalue weighted by Gasteiger charge is -2.27. The largest absolute Gasteiger partial charge is 0.495 e. The molecule has 3 atom stereocenters. The third kappa shape index (κ3) is 2.66. The Labute approximate surface area is 150 Å². The summed E-state index contributed by atoms with van der Waals surface area (Å²) in [6.07, 6.45) is 1.83. The van der Waals surface area contributed by atoms with Crippen LogP contribution >= 0.6 is 23.4 Å². The molecule has 1 saturated heterocycles. The van der Waals surface area contributed by atoms with Crippen LogP contribution in [0, 0.1) is 0 Å². The first-order valence-corrected chi connectivity index (χ1v) is 9.18. The first-order valence-electron chi connectivity index (χ1n) is 7.93. The SMILES string of the molecule is COc1ccc([C@@H]2[C@H](c3ccccn3)N=C3S[C@H](C)CN32)cc1Cl. The number of benzene rings is 1. The number of aromatic nitrogens is 1. The van der Waals surface area contributed by atoms with Crippen molar-refractivity contribution in [3.05, 3.63) is 58.9 Å². The van der Waals surface area contributed by atoms with Crippen molar-refractivity contribution in [2.45, 2.75) is 24.3 Å². The van der Waals surface area contributed by atoms with E-state index < -0.39 is 0 Å². The van der Waals surface area contributed by atoms with Crippen molar-refractivity contribution < 1.29 is 4.74 Å². The molecule has 0 amide bonds. The summed E-state index contributed by atoms with van der Waals surface area (Å²) in [6.45, 7) is 3.22. The summed E-state index contributed by atoms with van der Waals surface area (Å²) in [5.74, 6) is 0.693. The molecular formula is C18H18ClN3OS. The van der Waals surface area contributed by atoms with E-state index in [2.05, 4.69) is 22.9 Å². The van der Waals surface area contributed by atoms with E-state index in [0.29, 0.717) is 16.0 Å². The van der Waals surface area contributed by atoms with Crippen LogP contribution in [-0.4, -0.2) is 34.0 Å². The fourth-order valence-corrected chi connectivity index (χ4v) is 4.70. The molecule has 0 unspecified atom stereocenters. The fourth-order valence-electron chi connectivity index (χ4n) is 3.34. The molecule has 124 valence electrons. The van der Waals surface area contributed by atoms with Gasteiger partial charge < -0.3 is 9.64 Å². The molecule has 4 rings (SSSR count). The second-order valence-electron chi connectivity index (χ2n) is 6.03. The Morgan fingerprint density at radius 1 is 1.29 bits per heavy atom. The number of pyridine rings is 1. The van der Waals surface area contributed by atoms with Gasteiger partial charge in [0.2, 0.25) is 0 Å². The minimum atomic E-state index is -0.00865. The number of halogens is 1. The molecule has 4 nitrogen and oxygen atoms in total. The van der Waals surface area contributed by atoms with Crippen LogP contribution in [0.1, 0.15) is 30.3 Å². The van der Waals surface area contributed by atoms with Gasteiger partial charge in [0.05, 0.1) is 23.9 Å². The average Bonchev–Trinajstić information content (AvgIpc) is 3.11. The third-order valence-corrected chi connectivity index (χ3v) is 5.80. The zero-order valence-electron chi connectivity index (χ0n) is 13.5. The molecule has 24 heavy (non-hydrogen) atoms. The minimum Gasteiger partial charge on any atom is -0.495 e. The number of amidine groups is 1. The molecule has 0 aliphatic carbocycles. The normalized spacial score (nSPS) is 25.5. The standard InChI is InChI=1S/C18H18ClN3OS/c1-11-10-22-17(12-6-7-15(23-2)13(19)9-12)16(21-18(22)24-11)14-5-3-4-8-20-14/h3-9,11,16-17H,10H2,1-2H3/t11-,16+,17-/m1/s1. The number of methoxy groups -OCH3 is 1. The molecule has 0 saturated carbocycles. The molecule has 0 N–H and O–H groups in total. The first-order chi connectivity index (χ1) is 11.7. The Morgan fingerprint density at radius 2 is 2.17 bits per heavy atom. The van der Waals surface area contributed by atoms with Gasteiger partial charge in [-0.2, -0.15) is 0 Å². The second kappa shape index (κ2) is 6.30. The van der Waals surface area contributed by atoms with Gasteiger partial charge in [-0.3, -0.25) is 9.98 Å². The van der Waals surface area contributed by atoms with Gasteiger partial charge >= 0.3 is 0 Å². The van der Waals surface area contributed by atoms with Crippen LogP contribution in [0.15, 0.2) is 47.6 Å². The highest BCUT2D eigenvalue weighted by Gasteiger charge is 2.43. The van der Waals surface area contributed by atoms with Gasteiger partial charge in [-0.1, -0.05) is 42.4 Å². The van der Waals surface area contributed by atoms with E-state index in [1.807, 2.05) is 48.3 Å². The highest BCUT2D eigenvalue weighted by atomic mass is 35.5. The summed E-state index contributed by atoms with van der Waals surface area (Å²) in [5.41, 5.74) is 2.13. The number of hydrogen-bond acceptors (Lipinski definition) is 5. The highest BCUT2D eigenvalue weighted by Crippen LogP contribution is 2.48. The molecule has 0 radical (unpaired) electrons. The number of fused-ring (bicyclic) bond motifs is 1. The van der Waals surface area contributed by atoms with E-state index in [1.165, 1.54) is 0 Å². The van der Waals surface area contributed by atoms with Crippen molar-refractivity contribution in [1.82, 2.24) is 9.88 Å². The number of aliphatic imine (C=N–C) groups is 1. The first kappa shape index (κ1) is 15.8. The molecule has 2 aliphatic rings. The molecular weight excluding hydrogens is 342 g/mol. The van der Waals surface area contributed by atoms with E-state index in [-0.39, 0.29) is 12.1 Å². The summed E-state index contributed by atoms with van der Waals surface area (Å²) in [4.78, 5) is 11.9. The zero-order valence-corrected chi connectivity index (χ0v) is 15.1. The Bertz CT molecular complexity index is 783. The third-order valence-electron chi connectivity index (χ3n) is 4.40. The van der Waals surface area contributed by atoms with Gasteiger partial charge in [0.1, 0.15) is 11.8 Å². The summed E-state index contributed by atoms with van der Waals surface area (Å²) in [6, 6.07) is 12.1. The van der Waals surface area contributed by atoms with Crippen molar-refractivity contribution >= 4 is 28.5 Å². The number of ether oxygens (including phenoxy) is 1. The Hall–Kier alpha value is -1.72. The molecule has 6 heteroatoms. The Kier molecular flexibility index (Phi) is 4.14. The lowest BCUT2D eigenvalue weighted by atomic mass is 9.96. The van der Waals surface area contributed by atoms with Gasteiger partial charge in [0.25, 0.3) is 0 Å². The maximum Gasteiger partial charge on any atom is 0.160 e. The van der Waals surface area contributed by atoms with Gasteiger partial charge in [0, 0.05) is 18.0 Å². The minimum absolute atomic E-state index is 0.00865. The maximum absolute atomic E-state index is 6.37. The number of rotatable bonds is 3. The van der Waals surface area contributed by atoms with Crippen molar-refractivity contribution in [2.75, 3.05) is 13.7 Å².